The number of carboxylic acids is 1. The van der Waals surface area contributed by atoms with Crippen molar-refractivity contribution in [2.45, 2.75) is 139 Å². The van der Waals surface area contributed by atoms with Crippen molar-refractivity contribution in [1.82, 2.24) is 57.2 Å². The van der Waals surface area contributed by atoms with Crippen LogP contribution in [-0.4, -0.2) is 158 Å². The van der Waals surface area contributed by atoms with Crippen LogP contribution in [0.3, 0.4) is 0 Å². The van der Waals surface area contributed by atoms with E-state index in [0.29, 0.717) is 36.9 Å². The van der Waals surface area contributed by atoms with Crippen molar-refractivity contribution in [1.29, 1.82) is 0 Å². The van der Waals surface area contributed by atoms with E-state index in [1.54, 1.807) is 12.4 Å². The van der Waals surface area contributed by atoms with Gasteiger partial charge in [-0.25, -0.2) is 9.78 Å². The molecular formula is C55H81N17O10. The number of aromatic nitrogens is 4. The highest BCUT2D eigenvalue weighted by atomic mass is 16.4. The fourth-order valence-corrected chi connectivity index (χ4v) is 9.28. The lowest BCUT2D eigenvalue weighted by atomic mass is 9.99. The number of rotatable bonds is 36. The molecule has 0 aliphatic heterocycles. The molecule has 0 saturated carbocycles. The third kappa shape index (κ3) is 20.0. The number of aromatic amines is 3. The number of carbonyl (C=O) groups excluding carboxylic acids is 7. The van der Waals surface area contributed by atoms with Gasteiger partial charge in [0.2, 0.25) is 41.4 Å². The van der Waals surface area contributed by atoms with Gasteiger partial charge in [-0.15, -0.1) is 0 Å². The summed E-state index contributed by atoms with van der Waals surface area (Å²) in [5.74, 6) is -7.26. The van der Waals surface area contributed by atoms with Gasteiger partial charge in [0.05, 0.1) is 19.0 Å². The number of carbonyl (C=O) groups is 8. The molecule has 0 radical (unpaired) electrons. The number of fused-ring (bicyclic) bond motifs is 2. The summed E-state index contributed by atoms with van der Waals surface area (Å²) >= 11 is 0. The number of benzene rings is 2. The maximum atomic E-state index is 14.8. The van der Waals surface area contributed by atoms with Gasteiger partial charge in [0.1, 0.15) is 42.3 Å². The first-order valence-corrected chi connectivity index (χ1v) is 27.6. The van der Waals surface area contributed by atoms with Crippen LogP contribution in [0.15, 0.2) is 78.4 Å². The van der Waals surface area contributed by atoms with Crippen LogP contribution in [0.4, 0.5) is 0 Å². The first-order chi connectivity index (χ1) is 39.3. The van der Waals surface area contributed by atoms with Crippen molar-refractivity contribution in [3.63, 3.8) is 0 Å². The number of aliphatic hydroxyl groups excluding tert-OH is 1. The van der Waals surface area contributed by atoms with E-state index >= 15 is 0 Å². The quantitative estimate of drug-likeness (QED) is 0.0124. The van der Waals surface area contributed by atoms with Gasteiger partial charge in [-0.2, -0.15) is 0 Å². The minimum Gasteiger partial charge on any atom is -0.480 e. The van der Waals surface area contributed by atoms with E-state index < -0.39 is 102 Å². The van der Waals surface area contributed by atoms with Crippen LogP contribution in [0.1, 0.15) is 88.5 Å². The molecule has 3 aromatic heterocycles. The summed E-state index contributed by atoms with van der Waals surface area (Å²) in [6, 6.07) is 4.33. The normalized spacial score (nSPS) is 14.3. The Hall–Kier alpha value is -8.40. The Morgan fingerprint density at radius 1 is 0.561 bits per heavy atom. The number of para-hydroxylation sites is 2. The Balaban J connectivity index is 1.41. The molecule has 0 fully saturated rings. The van der Waals surface area contributed by atoms with Crippen molar-refractivity contribution in [3.8, 4) is 0 Å². The fourth-order valence-electron chi connectivity index (χ4n) is 9.28. The van der Waals surface area contributed by atoms with Crippen LogP contribution in [0.2, 0.25) is 0 Å². The maximum Gasteiger partial charge on any atom is 0.328 e. The highest BCUT2D eigenvalue weighted by Gasteiger charge is 2.35. The smallest absolute Gasteiger partial charge is 0.328 e. The Kier molecular flexibility index (Phi) is 25.7. The molecule has 5 rings (SSSR count). The number of guanidine groups is 1. The summed E-state index contributed by atoms with van der Waals surface area (Å²) in [6.07, 6.45) is 8.02. The molecule has 3 heterocycles. The Morgan fingerprint density at radius 2 is 1.00 bits per heavy atom. The second-order valence-corrected chi connectivity index (χ2v) is 20.6. The van der Waals surface area contributed by atoms with E-state index in [4.69, 9.17) is 28.7 Å². The van der Waals surface area contributed by atoms with E-state index in [1.165, 1.54) is 12.5 Å². The van der Waals surface area contributed by atoms with Crippen LogP contribution in [0, 0.1) is 5.92 Å². The van der Waals surface area contributed by atoms with Crippen LogP contribution in [0.5, 0.6) is 0 Å². The lowest BCUT2D eigenvalue weighted by molar-refractivity contribution is -0.143. The molecule has 82 heavy (non-hydrogen) atoms. The SMILES string of the molecule is CC(C)C[C@H](NC(=O)[C@@H](N)Cc1c[nH]c2ccccc12)C(=O)N[C@@H](Cc1c[nH]c2ccccc12)C(=O)N[C@@H](CCCCN)C(=O)N[C@@H](CCCN=C(N)N)C(=O)N[C@@H](CCCCN)C(=O)N[C@@H](Cc1cnc[nH]1)C(=O)N[C@@H](CO)C(=O)O. The standard InChI is InChI=1S/C55H81N17O10/c1-31(2)22-43(69-47(74)37(58)23-32-26-63-38-14-5-3-12-35(32)38)51(78)70-44(24-33-27-64-39-15-6-4-13-36(33)39)52(79)68-40(16-7-9-19-56)48(75)67-42(18-11-21-62-55(59)60)49(76)66-41(17-8-10-20-57)50(77)71-45(25-34-28-61-30-65-34)53(80)72-46(29-73)54(81)82/h3-6,12-15,26-28,30-31,37,40-46,63-64,73H,7-11,16-25,29,56-58H2,1-2H3,(H,61,65)(H,66,76)(H,67,75)(H,68,79)(H,69,74)(H,70,78)(H,71,77)(H,72,80)(H,81,82)(H4,59,60,62)/t37-,40-,41-,42-,43-,44-,45-,46-/m0/s1. The molecule has 0 aliphatic carbocycles. The molecule has 0 bridgehead atoms. The van der Waals surface area contributed by atoms with Gasteiger partial charge >= 0.3 is 5.97 Å². The predicted molar refractivity (Wildman–Crippen MR) is 308 cm³/mol. The summed E-state index contributed by atoms with van der Waals surface area (Å²) < 4.78 is 0. The highest BCUT2D eigenvalue weighted by Crippen LogP contribution is 2.21. The molecule has 0 aliphatic rings. The number of aliphatic hydroxyl groups is 1. The number of nitrogens with zero attached hydrogens (tertiary/aromatic N) is 2. The Bertz CT molecular complexity index is 2920. The molecule has 27 heteroatoms. The van der Waals surface area contributed by atoms with Crippen molar-refractivity contribution >= 4 is 75.1 Å². The van der Waals surface area contributed by atoms with Gasteiger partial charge in [-0.1, -0.05) is 50.2 Å². The molecule has 7 amide bonds. The Labute approximate surface area is 474 Å². The molecule has 5 aromatic rings. The van der Waals surface area contributed by atoms with Gasteiger partial charge in [-0.05, 0) is 106 Å². The topological polar surface area (TPSA) is 464 Å². The van der Waals surface area contributed by atoms with Gasteiger partial charge in [0.15, 0.2) is 5.96 Å². The van der Waals surface area contributed by atoms with Crippen molar-refractivity contribution < 1.29 is 48.6 Å². The zero-order valence-corrected chi connectivity index (χ0v) is 46.4. The number of hydrogen-bond donors (Lipinski definition) is 17. The number of nitrogens with two attached hydrogens (primary N) is 5. The second-order valence-electron chi connectivity index (χ2n) is 20.6. The molecule has 0 saturated heterocycles. The molecule has 2 aromatic carbocycles. The van der Waals surface area contributed by atoms with Gasteiger partial charge in [-0.3, -0.25) is 38.6 Å². The predicted octanol–water partition coefficient (Wildman–Crippen LogP) is -1.44. The summed E-state index contributed by atoms with van der Waals surface area (Å²) in [7, 11) is 0. The first kappa shape index (κ1) is 64.4. The zero-order valence-electron chi connectivity index (χ0n) is 46.4. The number of hydrogen-bond acceptors (Lipinski definition) is 14. The number of imidazole rings is 1. The average molecular weight is 1140 g/mol. The molecule has 8 atom stereocenters. The van der Waals surface area contributed by atoms with Gasteiger partial charge < -0.3 is 91.1 Å². The molecule has 27 nitrogen and oxygen atoms in total. The lowest BCUT2D eigenvalue weighted by Crippen LogP contribution is -2.60. The molecular weight excluding hydrogens is 1060 g/mol. The van der Waals surface area contributed by atoms with Crippen molar-refractivity contribution in [2.75, 3.05) is 26.2 Å². The number of carboxylic acid groups (broad SMARTS) is 1. The summed E-state index contributed by atoms with van der Waals surface area (Å²) in [4.78, 5) is 129. The van der Waals surface area contributed by atoms with E-state index in [2.05, 4.69) is 62.1 Å². The minimum absolute atomic E-state index is 0.0110. The van der Waals surface area contributed by atoms with Gasteiger partial charge in [0.25, 0.3) is 0 Å². The van der Waals surface area contributed by atoms with Crippen LogP contribution >= 0.6 is 0 Å². The zero-order chi connectivity index (χ0) is 59.7. The second kappa shape index (κ2) is 32.8. The summed E-state index contributed by atoms with van der Waals surface area (Å²) in [5, 5.41) is 39.6. The average Bonchev–Trinajstić information content (AvgIpc) is 4.32. The molecule has 0 unspecified atom stereocenters. The lowest BCUT2D eigenvalue weighted by Gasteiger charge is -2.28. The van der Waals surface area contributed by atoms with Gasteiger partial charge in [0, 0.05) is 65.5 Å². The summed E-state index contributed by atoms with van der Waals surface area (Å²) in [5.41, 5.74) is 32.8. The highest BCUT2D eigenvalue weighted by molar-refractivity contribution is 5.98. The molecule has 446 valence electrons. The molecule has 22 N–H and O–H groups in total. The van der Waals surface area contributed by atoms with Crippen molar-refractivity contribution in [3.05, 3.63) is 90.3 Å². The number of H-pyrrole nitrogens is 3. The number of aliphatic carboxylic acids is 1. The monoisotopic (exact) mass is 1140 g/mol. The maximum absolute atomic E-state index is 14.8. The van der Waals surface area contributed by atoms with Crippen LogP contribution < -0.4 is 65.9 Å². The first-order valence-electron chi connectivity index (χ1n) is 27.6. The Morgan fingerprint density at radius 3 is 1.46 bits per heavy atom. The minimum atomic E-state index is -1.70. The van der Waals surface area contributed by atoms with E-state index in [0.717, 1.165) is 27.4 Å². The third-order valence-corrected chi connectivity index (χ3v) is 13.7. The van der Waals surface area contributed by atoms with Crippen molar-refractivity contribution in [2.24, 2.45) is 39.6 Å². The van der Waals surface area contributed by atoms with E-state index in [9.17, 15) is 48.6 Å². The van der Waals surface area contributed by atoms with E-state index in [-0.39, 0.29) is 82.9 Å². The van der Waals surface area contributed by atoms with E-state index in [1.807, 2.05) is 62.4 Å². The number of aliphatic imine (C=N–C) groups is 1. The van der Waals surface area contributed by atoms with Crippen LogP contribution in [0.25, 0.3) is 21.8 Å². The number of nitrogens with one attached hydrogen (secondary N) is 10. The number of amides is 7. The number of unbranched alkanes of at least 4 members (excludes halogenated alkanes) is 2. The fraction of sp³-hybridized carbons (Fsp3) is 0.491. The largest absolute Gasteiger partial charge is 0.480 e. The van der Waals surface area contributed by atoms with Crippen LogP contribution in [-0.2, 0) is 57.6 Å². The third-order valence-electron chi connectivity index (χ3n) is 13.7. The summed E-state index contributed by atoms with van der Waals surface area (Å²) in [6.45, 7) is 3.36. The molecule has 0 spiro atoms.